The van der Waals surface area contributed by atoms with Crippen molar-refractivity contribution in [1.82, 2.24) is 10.6 Å². The van der Waals surface area contributed by atoms with Gasteiger partial charge < -0.3 is 15.1 Å². The van der Waals surface area contributed by atoms with Crippen LogP contribution >= 0.6 is 0 Å². The van der Waals surface area contributed by atoms with Gasteiger partial charge in [-0.05, 0) is 32.0 Å². The van der Waals surface area contributed by atoms with E-state index in [1.165, 1.54) is 0 Å². The topological polar surface area (TPSA) is 71.3 Å². The van der Waals surface area contributed by atoms with Crippen LogP contribution in [0, 0.1) is 13.8 Å². The summed E-state index contributed by atoms with van der Waals surface area (Å²) in [7, 11) is 0. The van der Waals surface area contributed by atoms with Gasteiger partial charge in [-0.1, -0.05) is 18.2 Å². The molecule has 1 heterocycles. The third kappa shape index (κ3) is 3.95. The van der Waals surface area contributed by atoms with Crippen LogP contribution in [-0.4, -0.2) is 24.9 Å². The van der Waals surface area contributed by atoms with Gasteiger partial charge in [0.05, 0.1) is 5.56 Å². The average Bonchev–Trinajstić information content (AvgIpc) is 2.83. The van der Waals surface area contributed by atoms with Crippen LogP contribution in [0.15, 0.2) is 40.8 Å². The maximum atomic E-state index is 11.9. The Morgan fingerprint density at radius 1 is 1.00 bits per heavy atom. The first-order valence-corrected chi connectivity index (χ1v) is 6.76. The summed E-state index contributed by atoms with van der Waals surface area (Å²) in [6, 6.07) is 10.7. The van der Waals surface area contributed by atoms with Crippen LogP contribution in [0.2, 0.25) is 0 Å². The zero-order valence-corrected chi connectivity index (χ0v) is 12.1. The van der Waals surface area contributed by atoms with Gasteiger partial charge in [-0.2, -0.15) is 0 Å². The summed E-state index contributed by atoms with van der Waals surface area (Å²) in [6.45, 7) is 4.28. The van der Waals surface area contributed by atoms with E-state index < -0.39 is 0 Å². The van der Waals surface area contributed by atoms with Gasteiger partial charge in [-0.15, -0.1) is 0 Å². The van der Waals surface area contributed by atoms with Crippen molar-refractivity contribution in [2.75, 3.05) is 13.1 Å². The van der Waals surface area contributed by atoms with Gasteiger partial charge in [0.2, 0.25) is 0 Å². The molecule has 2 amide bonds. The van der Waals surface area contributed by atoms with Gasteiger partial charge in [0.25, 0.3) is 11.8 Å². The molecule has 0 bridgehead atoms. The van der Waals surface area contributed by atoms with Crippen LogP contribution in [0.3, 0.4) is 0 Å². The molecular weight excluding hydrogens is 268 g/mol. The van der Waals surface area contributed by atoms with E-state index in [2.05, 4.69) is 10.6 Å². The molecule has 0 spiro atoms. The third-order valence-electron chi connectivity index (χ3n) is 3.02. The summed E-state index contributed by atoms with van der Waals surface area (Å²) in [5.74, 6) is 0.951. The molecule has 0 saturated carbocycles. The van der Waals surface area contributed by atoms with Crippen LogP contribution in [0.5, 0.6) is 0 Å². The molecule has 0 radical (unpaired) electrons. The number of carbonyl (C=O) groups is 2. The molecule has 0 aliphatic carbocycles. The Labute approximate surface area is 123 Å². The smallest absolute Gasteiger partial charge is 0.254 e. The molecule has 2 aromatic rings. The summed E-state index contributed by atoms with van der Waals surface area (Å²) in [5, 5.41) is 5.49. The van der Waals surface area contributed by atoms with Crippen LogP contribution in [0.4, 0.5) is 0 Å². The van der Waals surface area contributed by atoms with Crippen molar-refractivity contribution in [1.29, 1.82) is 0 Å². The number of hydrogen-bond donors (Lipinski definition) is 2. The quantitative estimate of drug-likeness (QED) is 0.826. The molecule has 5 heteroatoms. The molecule has 5 nitrogen and oxygen atoms in total. The zero-order chi connectivity index (χ0) is 15.2. The second-order valence-electron chi connectivity index (χ2n) is 4.70. The maximum Gasteiger partial charge on any atom is 0.254 e. The fraction of sp³-hybridized carbons (Fsp3) is 0.250. The van der Waals surface area contributed by atoms with Gasteiger partial charge in [-0.3, -0.25) is 9.59 Å². The van der Waals surface area contributed by atoms with Crippen LogP contribution in [0.25, 0.3) is 0 Å². The standard InChI is InChI=1S/C16H18N2O3/c1-11-10-14(12(2)21-11)16(20)18-9-8-17-15(19)13-6-4-3-5-7-13/h3-7,10H,8-9H2,1-2H3,(H,17,19)(H,18,20). The molecule has 0 saturated heterocycles. The van der Waals surface area contributed by atoms with Gasteiger partial charge in [0.1, 0.15) is 11.5 Å². The Morgan fingerprint density at radius 3 is 2.19 bits per heavy atom. The zero-order valence-electron chi connectivity index (χ0n) is 12.1. The Bertz CT molecular complexity index is 632. The van der Waals surface area contributed by atoms with Crippen molar-refractivity contribution in [2.24, 2.45) is 0 Å². The summed E-state index contributed by atoms with van der Waals surface area (Å²) in [5.41, 5.74) is 1.13. The van der Waals surface area contributed by atoms with E-state index in [0.717, 1.165) is 0 Å². The van der Waals surface area contributed by atoms with Crippen molar-refractivity contribution < 1.29 is 14.0 Å². The van der Waals surface area contributed by atoms with E-state index in [1.54, 1.807) is 44.2 Å². The van der Waals surface area contributed by atoms with Crippen molar-refractivity contribution in [3.8, 4) is 0 Å². The molecule has 110 valence electrons. The molecule has 0 aliphatic heterocycles. The van der Waals surface area contributed by atoms with Crippen LogP contribution < -0.4 is 10.6 Å². The number of nitrogens with one attached hydrogen (secondary N) is 2. The van der Waals surface area contributed by atoms with Gasteiger partial charge in [0.15, 0.2) is 0 Å². The van der Waals surface area contributed by atoms with Crippen molar-refractivity contribution >= 4 is 11.8 Å². The first-order chi connectivity index (χ1) is 10.1. The predicted molar refractivity (Wildman–Crippen MR) is 79.3 cm³/mol. The Morgan fingerprint density at radius 2 is 1.62 bits per heavy atom. The van der Waals surface area contributed by atoms with E-state index in [4.69, 9.17) is 4.42 Å². The molecule has 0 unspecified atom stereocenters. The first-order valence-electron chi connectivity index (χ1n) is 6.76. The number of benzene rings is 1. The van der Waals surface area contributed by atoms with E-state index in [0.29, 0.717) is 35.7 Å². The van der Waals surface area contributed by atoms with E-state index in [9.17, 15) is 9.59 Å². The van der Waals surface area contributed by atoms with Crippen molar-refractivity contribution in [3.63, 3.8) is 0 Å². The lowest BCUT2D eigenvalue weighted by Crippen LogP contribution is -2.34. The van der Waals surface area contributed by atoms with E-state index in [-0.39, 0.29) is 11.8 Å². The van der Waals surface area contributed by atoms with Gasteiger partial charge >= 0.3 is 0 Å². The van der Waals surface area contributed by atoms with Crippen molar-refractivity contribution in [3.05, 3.63) is 59.0 Å². The summed E-state index contributed by atoms with van der Waals surface area (Å²) in [6.07, 6.45) is 0. The summed E-state index contributed by atoms with van der Waals surface area (Å²) < 4.78 is 5.31. The number of aryl methyl sites for hydroxylation is 2. The van der Waals surface area contributed by atoms with Gasteiger partial charge in [0, 0.05) is 18.7 Å². The lowest BCUT2D eigenvalue weighted by Gasteiger charge is -2.06. The lowest BCUT2D eigenvalue weighted by molar-refractivity contribution is 0.0927. The van der Waals surface area contributed by atoms with Crippen LogP contribution in [0.1, 0.15) is 32.2 Å². The summed E-state index contributed by atoms with van der Waals surface area (Å²) in [4.78, 5) is 23.7. The van der Waals surface area contributed by atoms with Gasteiger partial charge in [-0.25, -0.2) is 0 Å². The summed E-state index contributed by atoms with van der Waals surface area (Å²) >= 11 is 0. The highest BCUT2D eigenvalue weighted by atomic mass is 16.3. The highest BCUT2D eigenvalue weighted by Crippen LogP contribution is 2.12. The number of amides is 2. The minimum Gasteiger partial charge on any atom is -0.466 e. The first kappa shape index (κ1) is 14.8. The number of rotatable bonds is 5. The minimum absolute atomic E-state index is 0.153. The highest BCUT2D eigenvalue weighted by Gasteiger charge is 2.12. The molecule has 1 aromatic heterocycles. The highest BCUT2D eigenvalue weighted by molar-refractivity contribution is 5.95. The number of furan rings is 1. The molecule has 2 N–H and O–H groups in total. The maximum absolute atomic E-state index is 11.9. The van der Waals surface area contributed by atoms with E-state index in [1.807, 2.05) is 6.07 Å². The lowest BCUT2D eigenvalue weighted by atomic mass is 10.2. The Balaban J connectivity index is 1.76. The van der Waals surface area contributed by atoms with Crippen LogP contribution in [-0.2, 0) is 0 Å². The fourth-order valence-corrected chi connectivity index (χ4v) is 2.00. The van der Waals surface area contributed by atoms with E-state index >= 15 is 0 Å². The molecule has 0 aliphatic rings. The van der Waals surface area contributed by atoms with Crippen molar-refractivity contribution in [2.45, 2.75) is 13.8 Å². The molecular formula is C16H18N2O3. The fourth-order valence-electron chi connectivity index (χ4n) is 2.00. The largest absolute Gasteiger partial charge is 0.466 e. The average molecular weight is 286 g/mol. The predicted octanol–water partition coefficient (Wildman–Crippen LogP) is 2.06. The number of carbonyl (C=O) groups excluding carboxylic acids is 2. The normalized spacial score (nSPS) is 10.2. The molecule has 0 atom stereocenters. The molecule has 1 aromatic carbocycles. The third-order valence-corrected chi connectivity index (χ3v) is 3.02. The second-order valence-corrected chi connectivity index (χ2v) is 4.70. The number of hydrogen-bond acceptors (Lipinski definition) is 3. The Hall–Kier alpha value is -2.56. The molecule has 21 heavy (non-hydrogen) atoms. The minimum atomic E-state index is -0.196. The Kier molecular flexibility index (Phi) is 4.77. The molecule has 0 fully saturated rings. The monoisotopic (exact) mass is 286 g/mol. The SMILES string of the molecule is Cc1cc(C(=O)NCCNC(=O)c2ccccc2)c(C)o1. The molecule has 2 rings (SSSR count). The second kappa shape index (κ2) is 6.74.